The Hall–Kier alpha value is -2.03. The molecule has 3 heteroatoms. The summed E-state index contributed by atoms with van der Waals surface area (Å²) in [6.07, 6.45) is 0. The Morgan fingerprint density at radius 1 is 1.11 bits per heavy atom. The summed E-state index contributed by atoms with van der Waals surface area (Å²) in [6.45, 7) is 5.94. The van der Waals surface area contributed by atoms with E-state index in [1.807, 2.05) is 25.1 Å². The summed E-state index contributed by atoms with van der Waals surface area (Å²) < 4.78 is 24.3. The third-order valence-electron chi connectivity index (χ3n) is 2.79. The fourth-order valence-electron chi connectivity index (χ4n) is 1.70. The Balaban J connectivity index is 2.23. The lowest BCUT2D eigenvalue weighted by Crippen LogP contribution is -1.92. The van der Waals surface area contributed by atoms with Crippen LogP contribution in [0, 0.1) is 12.7 Å². The molecule has 0 aliphatic carbocycles. The van der Waals surface area contributed by atoms with Gasteiger partial charge in [-0.3, -0.25) is 0 Å². The molecule has 1 atom stereocenters. The molecular weight excluding hydrogens is 243 g/mol. The Morgan fingerprint density at radius 2 is 1.89 bits per heavy atom. The van der Waals surface area contributed by atoms with Crippen LogP contribution < -0.4 is 9.47 Å². The van der Waals surface area contributed by atoms with Gasteiger partial charge in [0.1, 0.15) is 11.5 Å². The van der Waals surface area contributed by atoms with Crippen LogP contribution >= 0.6 is 0 Å². The van der Waals surface area contributed by atoms with Crippen LogP contribution in [0.2, 0.25) is 0 Å². The van der Waals surface area contributed by atoms with E-state index in [-0.39, 0.29) is 11.7 Å². The van der Waals surface area contributed by atoms with Crippen LogP contribution in [0.3, 0.4) is 0 Å². The molecule has 0 aliphatic rings. The molecule has 0 aromatic heterocycles. The van der Waals surface area contributed by atoms with Gasteiger partial charge in [-0.25, -0.2) is 4.39 Å². The van der Waals surface area contributed by atoms with E-state index in [9.17, 15) is 4.39 Å². The maximum absolute atomic E-state index is 13.8. The highest BCUT2D eigenvalue weighted by atomic mass is 19.1. The molecule has 2 aromatic rings. The third kappa shape index (κ3) is 3.25. The monoisotopic (exact) mass is 259 g/mol. The number of benzene rings is 2. The zero-order chi connectivity index (χ0) is 13.8. The first-order valence-electron chi connectivity index (χ1n) is 6.04. The maximum atomic E-state index is 13.8. The number of methoxy groups -OCH3 is 1. The molecule has 0 fully saturated rings. The molecule has 0 heterocycles. The summed E-state index contributed by atoms with van der Waals surface area (Å²) in [5, 5.41) is 0. The van der Waals surface area contributed by atoms with Crippen LogP contribution in [0.1, 0.15) is 18.4 Å². The second kappa shape index (κ2) is 5.74. The van der Waals surface area contributed by atoms with Crippen LogP contribution in [-0.2, 0) is 0 Å². The van der Waals surface area contributed by atoms with Gasteiger partial charge in [0.2, 0.25) is 0 Å². The van der Waals surface area contributed by atoms with Gasteiger partial charge < -0.3 is 9.47 Å². The van der Waals surface area contributed by atoms with Gasteiger partial charge in [-0.15, -0.1) is 0 Å². The molecule has 0 saturated heterocycles. The van der Waals surface area contributed by atoms with Gasteiger partial charge >= 0.3 is 0 Å². The van der Waals surface area contributed by atoms with Gasteiger partial charge in [0.05, 0.1) is 7.11 Å². The summed E-state index contributed by atoms with van der Waals surface area (Å²) in [7, 11) is 1.49. The van der Waals surface area contributed by atoms with Crippen LogP contribution in [0.25, 0.3) is 0 Å². The minimum absolute atomic E-state index is 0.157. The largest absolute Gasteiger partial charge is 0.497 e. The van der Waals surface area contributed by atoms with Crippen LogP contribution in [0.15, 0.2) is 42.5 Å². The van der Waals surface area contributed by atoms with Crippen molar-refractivity contribution in [2.75, 3.05) is 7.11 Å². The molecule has 19 heavy (non-hydrogen) atoms. The van der Waals surface area contributed by atoms with Gasteiger partial charge in [0.25, 0.3) is 0 Å². The maximum Gasteiger partial charge on any atom is 0.169 e. The number of rotatable bonds is 4. The number of ether oxygens (including phenoxy) is 2. The Labute approximate surface area is 112 Å². The van der Waals surface area contributed by atoms with E-state index in [1.165, 1.54) is 13.2 Å². The molecule has 0 N–H and O–H groups in total. The highest BCUT2D eigenvalue weighted by Gasteiger charge is 2.07. The van der Waals surface area contributed by atoms with Crippen molar-refractivity contribution in [3.63, 3.8) is 0 Å². The zero-order valence-corrected chi connectivity index (χ0v) is 11.0. The molecule has 2 aromatic carbocycles. The first-order chi connectivity index (χ1) is 9.10. The van der Waals surface area contributed by atoms with Crippen molar-refractivity contribution in [2.45, 2.75) is 12.8 Å². The van der Waals surface area contributed by atoms with Crippen LogP contribution in [0.5, 0.6) is 17.2 Å². The van der Waals surface area contributed by atoms with Gasteiger partial charge in [0.15, 0.2) is 11.6 Å². The molecule has 1 radical (unpaired) electrons. The molecule has 99 valence electrons. The third-order valence-corrected chi connectivity index (χ3v) is 2.79. The fourth-order valence-corrected chi connectivity index (χ4v) is 1.70. The van der Waals surface area contributed by atoms with Gasteiger partial charge in [-0.2, -0.15) is 0 Å². The van der Waals surface area contributed by atoms with Crippen molar-refractivity contribution in [3.8, 4) is 17.2 Å². The normalized spacial score (nSPS) is 10.6. The van der Waals surface area contributed by atoms with Crippen molar-refractivity contribution in [1.82, 2.24) is 0 Å². The van der Waals surface area contributed by atoms with E-state index < -0.39 is 5.82 Å². The van der Waals surface area contributed by atoms with E-state index >= 15 is 0 Å². The average molecular weight is 259 g/mol. The minimum atomic E-state index is -0.451. The van der Waals surface area contributed by atoms with Gasteiger partial charge in [-0.05, 0) is 42.7 Å². The predicted octanol–water partition coefficient (Wildman–Crippen LogP) is 4.56. The molecule has 2 rings (SSSR count). The van der Waals surface area contributed by atoms with Crippen molar-refractivity contribution < 1.29 is 13.9 Å². The second-order valence-corrected chi connectivity index (χ2v) is 4.37. The number of halogens is 1. The topological polar surface area (TPSA) is 18.5 Å². The lowest BCUT2D eigenvalue weighted by molar-refractivity contribution is 0.402. The zero-order valence-electron chi connectivity index (χ0n) is 11.0. The number of hydrogen-bond acceptors (Lipinski definition) is 2. The lowest BCUT2D eigenvalue weighted by atomic mass is 10.0. The quantitative estimate of drug-likeness (QED) is 0.801. The standard InChI is InChI=1S/C16H16FO2/c1-11(2)12-5-4-6-14(9-12)19-16-8-7-13(18-3)10-15(16)17/h4-11H,1H2,2-3H3. The minimum Gasteiger partial charge on any atom is -0.497 e. The highest BCUT2D eigenvalue weighted by Crippen LogP contribution is 2.29. The summed E-state index contributed by atoms with van der Waals surface area (Å²) >= 11 is 0. The Morgan fingerprint density at radius 3 is 2.53 bits per heavy atom. The van der Waals surface area contributed by atoms with E-state index in [0.29, 0.717) is 11.5 Å². The number of hydrogen-bond donors (Lipinski definition) is 0. The molecule has 0 amide bonds. The first-order valence-corrected chi connectivity index (χ1v) is 6.04. The Bertz CT molecular complexity index is 564. The molecule has 0 saturated carbocycles. The van der Waals surface area contributed by atoms with E-state index in [4.69, 9.17) is 9.47 Å². The smallest absolute Gasteiger partial charge is 0.169 e. The first kappa shape index (κ1) is 13.4. The predicted molar refractivity (Wildman–Crippen MR) is 73.2 cm³/mol. The SMILES string of the molecule is [CH2]C(C)c1cccc(Oc2ccc(OC)cc2F)c1. The summed E-state index contributed by atoms with van der Waals surface area (Å²) in [4.78, 5) is 0. The van der Waals surface area contributed by atoms with Crippen molar-refractivity contribution in [3.05, 3.63) is 60.8 Å². The van der Waals surface area contributed by atoms with Gasteiger partial charge in [-0.1, -0.05) is 19.1 Å². The Kier molecular flexibility index (Phi) is 4.05. The molecule has 0 spiro atoms. The lowest BCUT2D eigenvalue weighted by Gasteiger charge is -2.10. The average Bonchev–Trinajstić information content (AvgIpc) is 2.41. The van der Waals surface area contributed by atoms with E-state index in [2.05, 4.69) is 6.92 Å². The molecule has 2 nitrogen and oxygen atoms in total. The molecule has 1 unspecified atom stereocenters. The molecular formula is C16H16FO2. The van der Waals surface area contributed by atoms with Crippen molar-refractivity contribution >= 4 is 0 Å². The van der Waals surface area contributed by atoms with Crippen LogP contribution in [0.4, 0.5) is 4.39 Å². The highest BCUT2D eigenvalue weighted by molar-refractivity contribution is 5.38. The van der Waals surface area contributed by atoms with Crippen LogP contribution in [-0.4, -0.2) is 7.11 Å². The summed E-state index contributed by atoms with van der Waals surface area (Å²) in [5.74, 6) is 0.938. The van der Waals surface area contributed by atoms with Crippen molar-refractivity contribution in [2.24, 2.45) is 0 Å². The fraction of sp³-hybridized carbons (Fsp3) is 0.188. The van der Waals surface area contributed by atoms with Crippen molar-refractivity contribution in [1.29, 1.82) is 0 Å². The summed E-state index contributed by atoms with van der Waals surface area (Å²) in [6, 6.07) is 12.0. The van der Waals surface area contributed by atoms with Gasteiger partial charge in [0, 0.05) is 6.07 Å². The summed E-state index contributed by atoms with van der Waals surface area (Å²) in [5.41, 5.74) is 1.05. The molecule has 0 bridgehead atoms. The molecule has 0 aliphatic heterocycles. The van der Waals surface area contributed by atoms with E-state index in [1.54, 1.807) is 18.2 Å². The van der Waals surface area contributed by atoms with E-state index in [0.717, 1.165) is 5.56 Å². The second-order valence-electron chi connectivity index (χ2n) is 4.37.